The summed E-state index contributed by atoms with van der Waals surface area (Å²) < 4.78 is 0. The molecule has 2 atom stereocenters. The second-order valence-corrected chi connectivity index (χ2v) is 5.82. The smallest absolute Gasteiger partial charge is 0.130 e. The standard InChI is InChI=1S/C15H24N4/c1-16-14-6-3-7-15(17-14)19-10-8-13-12(11-19)5-4-9-18(13)2/h3,6-7,12-13H,4-5,8-11H2,1-2H3,(H,16,17). The summed E-state index contributed by atoms with van der Waals surface area (Å²) in [5.41, 5.74) is 0. The number of pyridine rings is 1. The predicted molar refractivity (Wildman–Crippen MR) is 79.8 cm³/mol. The number of hydrogen-bond donors (Lipinski definition) is 1. The molecule has 104 valence electrons. The Hall–Kier alpha value is -1.29. The van der Waals surface area contributed by atoms with Gasteiger partial charge in [0.1, 0.15) is 11.6 Å². The highest BCUT2D eigenvalue weighted by atomic mass is 15.2. The topological polar surface area (TPSA) is 31.4 Å². The van der Waals surface area contributed by atoms with Gasteiger partial charge in [-0.05, 0) is 50.9 Å². The number of rotatable bonds is 2. The van der Waals surface area contributed by atoms with E-state index in [0.29, 0.717) is 0 Å². The van der Waals surface area contributed by atoms with E-state index in [1.165, 1.54) is 25.8 Å². The summed E-state index contributed by atoms with van der Waals surface area (Å²) in [6, 6.07) is 7.03. The summed E-state index contributed by atoms with van der Waals surface area (Å²) in [6.07, 6.45) is 3.99. The van der Waals surface area contributed by atoms with Gasteiger partial charge in [0.2, 0.25) is 0 Å². The third kappa shape index (κ3) is 2.54. The van der Waals surface area contributed by atoms with E-state index in [9.17, 15) is 0 Å². The zero-order chi connectivity index (χ0) is 13.2. The molecule has 1 aromatic rings. The Morgan fingerprint density at radius 2 is 2.16 bits per heavy atom. The van der Waals surface area contributed by atoms with Gasteiger partial charge in [0.05, 0.1) is 0 Å². The normalized spacial score (nSPS) is 28.0. The molecule has 0 saturated carbocycles. The maximum atomic E-state index is 4.67. The van der Waals surface area contributed by atoms with Crippen molar-refractivity contribution in [1.82, 2.24) is 9.88 Å². The zero-order valence-electron chi connectivity index (χ0n) is 12.0. The first-order chi connectivity index (χ1) is 9.28. The Kier molecular flexibility index (Phi) is 3.60. The minimum atomic E-state index is 0.789. The summed E-state index contributed by atoms with van der Waals surface area (Å²) in [5, 5.41) is 3.12. The van der Waals surface area contributed by atoms with Gasteiger partial charge in [-0.3, -0.25) is 0 Å². The van der Waals surface area contributed by atoms with E-state index in [1.54, 1.807) is 0 Å². The Morgan fingerprint density at radius 3 is 3.00 bits per heavy atom. The summed E-state index contributed by atoms with van der Waals surface area (Å²) in [4.78, 5) is 9.69. The average Bonchev–Trinajstić information content (AvgIpc) is 2.47. The fraction of sp³-hybridized carbons (Fsp3) is 0.667. The molecule has 1 N–H and O–H groups in total. The number of nitrogens with zero attached hydrogens (tertiary/aromatic N) is 3. The molecule has 2 aliphatic heterocycles. The molecule has 2 saturated heterocycles. The van der Waals surface area contributed by atoms with Gasteiger partial charge in [-0.15, -0.1) is 0 Å². The number of fused-ring (bicyclic) bond motifs is 1. The van der Waals surface area contributed by atoms with Gasteiger partial charge < -0.3 is 15.1 Å². The van der Waals surface area contributed by atoms with E-state index in [4.69, 9.17) is 0 Å². The second-order valence-electron chi connectivity index (χ2n) is 5.82. The summed E-state index contributed by atoms with van der Waals surface area (Å²) in [6.45, 7) is 3.56. The van der Waals surface area contributed by atoms with Crippen LogP contribution in [0.3, 0.4) is 0 Å². The number of aromatic nitrogens is 1. The predicted octanol–water partition coefficient (Wildman–Crippen LogP) is 2.04. The van der Waals surface area contributed by atoms with Crippen LogP contribution in [0.4, 0.5) is 11.6 Å². The maximum absolute atomic E-state index is 4.67. The van der Waals surface area contributed by atoms with E-state index < -0.39 is 0 Å². The van der Waals surface area contributed by atoms with Gasteiger partial charge in [-0.2, -0.15) is 0 Å². The van der Waals surface area contributed by atoms with Gasteiger partial charge in [0, 0.05) is 26.2 Å². The van der Waals surface area contributed by atoms with Crippen LogP contribution in [0.25, 0.3) is 0 Å². The van der Waals surface area contributed by atoms with Crippen molar-refractivity contribution >= 4 is 11.6 Å². The monoisotopic (exact) mass is 260 g/mol. The van der Waals surface area contributed by atoms with Crippen molar-refractivity contribution in [3.05, 3.63) is 18.2 Å². The minimum absolute atomic E-state index is 0.789. The van der Waals surface area contributed by atoms with Gasteiger partial charge in [-0.1, -0.05) is 6.07 Å². The highest BCUT2D eigenvalue weighted by Gasteiger charge is 2.34. The first kappa shape index (κ1) is 12.7. The van der Waals surface area contributed by atoms with E-state index in [1.807, 2.05) is 13.1 Å². The van der Waals surface area contributed by atoms with Crippen LogP contribution in [0.1, 0.15) is 19.3 Å². The van der Waals surface area contributed by atoms with Crippen LogP contribution in [0, 0.1) is 5.92 Å². The van der Waals surface area contributed by atoms with Crippen molar-refractivity contribution in [3.8, 4) is 0 Å². The second kappa shape index (κ2) is 5.37. The Morgan fingerprint density at radius 1 is 1.26 bits per heavy atom. The van der Waals surface area contributed by atoms with Gasteiger partial charge >= 0.3 is 0 Å². The molecular formula is C15H24N4. The van der Waals surface area contributed by atoms with Crippen LogP contribution in [-0.4, -0.2) is 49.7 Å². The molecule has 19 heavy (non-hydrogen) atoms. The molecule has 2 unspecified atom stereocenters. The number of anilines is 2. The van der Waals surface area contributed by atoms with Crippen LogP contribution in [0.5, 0.6) is 0 Å². The van der Waals surface area contributed by atoms with Gasteiger partial charge in [0.25, 0.3) is 0 Å². The fourth-order valence-corrected chi connectivity index (χ4v) is 3.60. The lowest BCUT2D eigenvalue weighted by molar-refractivity contribution is 0.102. The van der Waals surface area contributed by atoms with Crippen molar-refractivity contribution in [2.24, 2.45) is 5.92 Å². The quantitative estimate of drug-likeness (QED) is 0.882. The number of hydrogen-bond acceptors (Lipinski definition) is 4. The van der Waals surface area contributed by atoms with Crippen molar-refractivity contribution in [2.45, 2.75) is 25.3 Å². The Labute approximate surface area is 115 Å². The molecule has 0 radical (unpaired) electrons. The molecule has 3 heterocycles. The Bertz CT molecular complexity index is 434. The number of nitrogens with one attached hydrogen (secondary N) is 1. The molecule has 4 nitrogen and oxygen atoms in total. The summed E-state index contributed by atoms with van der Waals surface area (Å²) in [5.74, 6) is 2.89. The van der Waals surface area contributed by atoms with Crippen LogP contribution < -0.4 is 10.2 Å². The lowest BCUT2D eigenvalue weighted by Crippen LogP contribution is -2.52. The van der Waals surface area contributed by atoms with Crippen LogP contribution in [-0.2, 0) is 0 Å². The summed E-state index contributed by atoms with van der Waals surface area (Å²) >= 11 is 0. The number of piperidine rings is 2. The molecule has 0 spiro atoms. The molecule has 0 aromatic carbocycles. The maximum Gasteiger partial charge on any atom is 0.130 e. The molecule has 0 bridgehead atoms. The third-order valence-corrected chi connectivity index (χ3v) is 4.66. The highest BCUT2D eigenvalue weighted by Crippen LogP contribution is 2.31. The third-order valence-electron chi connectivity index (χ3n) is 4.66. The molecule has 1 aromatic heterocycles. The largest absolute Gasteiger partial charge is 0.373 e. The molecule has 0 amide bonds. The lowest BCUT2D eigenvalue weighted by Gasteiger charge is -2.46. The molecule has 3 rings (SSSR count). The lowest BCUT2D eigenvalue weighted by atomic mass is 9.84. The molecular weight excluding hydrogens is 236 g/mol. The van der Waals surface area contributed by atoms with Crippen molar-refractivity contribution in [2.75, 3.05) is 43.9 Å². The highest BCUT2D eigenvalue weighted by molar-refractivity contribution is 5.47. The van der Waals surface area contributed by atoms with Gasteiger partial charge in [-0.25, -0.2) is 4.98 Å². The Balaban J connectivity index is 1.73. The molecule has 4 heteroatoms. The first-order valence-electron chi connectivity index (χ1n) is 7.38. The van der Waals surface area contributed by atoms with Crippen molar-refractivity contribution in [3.63, 3.8) is 0 Å². The van der Waals surface area contributed by atoms with Crippen molar-refractivity contribution in [1.29, 1.82) is 0 Å². The number of likely N-dealkylation sites (tertiary alicyclic amines) is 1. The van der Waals surface area contributed by atoms with Crippen molar-refractivity contribution < 1.29 is 0 Å². The van der Waals surface area contributed by atoms with Crippen LogP contribution in [0.15, 0.2) is 18.2 Å². The van der Waals surface area contributed by atoms with E-state index in [0.717, 1.165) is 36.7 Å². The summed E-state index contributed by atoms with van der Waals surface area (Å²) in [7, 11) is 4.21. The SMILES string of the molecule is CNc1cccc(N2CCC3C(CCCN3C)C2)n1. The average molecular weight is 260 g/mol. The van der Waals surface area contributed by atoms with E-state index in [2.05, 4.69) is 39.3 Å². The van der Waals surface area contributed by atoms with E-state index >= 15 is 0 Å². The van der Waals surface area contributed by atoms with Gasteiger partial charge in [0.15, 0.2) is 0 Å². The molecule has 2 fully saturated rings. The fourth-order valence-electron chi connectivity index (χ4n) is 3.60. The first-order valence-corrected chi connectivity index (χ1v) is 7.38. The molecule has 2 aliphatic rings. The van der Waals surface area contributed by atoms with Crippen LogP contribution >= 0.6 is 0 Å². The minimum Gasteiger partial charge on any atom is -0.373 e. The van der Waals surface area contributed by atoms with Crippen LogP contribution in [0.2, 0.25) is 0 Å². The zero-order valence-corrected chi connectivity index (χ0v) is 12.0. The molecule has 0 aliphatic carbocycles. The van der Waals surface area contributed by atoms with E-state index in [-0.39, 0.29) is 0 Å².